The van der Waals surface area contributed by atoms with Crippen molar-refractivity contribution in [3.05, 3.63) is 69.9 Å². The van der Waals surface area contributed by atoms with E-state index < -0.39 is 0 Å². The van der Waals surface area contributed by atoms with Gasteiger partial charge in [0, 0.05) is 0 Å². The molecule has 0 saturated carbocycles. The third-order valence-corrected chi connectivity index (χ3v) is 3.48. The van der Waals surface area contributed by atoms with Crippen molar-refractivity contribution in [3.8, 4) is 0 Å². The van der Waals surface area contributed by atoms with Gasteiger partial charge in [0.15, 0.2) is 0 Å². The highest BCUT2D eigenvalue weighted by Gasteiger charge is 2.14. The Kier molecular flexibility index (Phi) is 3.58. The summed E-state index contributed by atoms with van der Waals surface area (Å²) >= 11 is 0. The molecule has 0 amide bonds. The van der Waals surface area contributed by atoms with Crippen molar-refractivity contribution in [2.45, 2.75) is 13.0 Å². The van der Waals surface area contributed by atoms with E-state index in [1.54, 1.807) is 12.1 Å². The number of imidazole rings is 1. The Labute approximate surface area is 121 Å². The molecule has 21 heavy (non-hydrogen) atoms. The summed E-state index contributed by atoms with van der Waals surface area (Å²) in [4.78, 5) is 16.8. The van der Waals surface area contributed by atoms with Crippen LogP contribution in [0.3, 0.4) is 0 Å². The second kappa shape index (κ2) is 5.54. The number of rotatable bonds is 4. The van der Waals surface area contributed by atoms with Crippen LogP contribution in [-0.4, -0.2) is 16.5 Å². The van der Waals surface area contributed by atoms with Crippen LogP contribution in [0.1, 0.15) is 24.1 Å². The number of hydrogen-bond acceptors (Lipinski definition) is 2. The molecule has 0 bridgehead atoms. The SMILES string of the molecule is CCNC(c1ccc(F)cc1)c1ccc2[nH]c(=O)[nH]c2c1. The molecule has 4 nitrogen and oxygen atoms in total. The molecule has 1 aromatic heterocycles. The number of benzene rings is 2. The number of aromatic amines is 2. The molecule has 0 aliphatic carbocycles. The van der Waals surface area contributed by atoms with Crippen molar-refractivity contribution in [3.63, 3.8) is 0 Å². The summed E-state index contributed by atoms with van der Waals surface area (Å²) in [5.41, 5.74) is 3.33. The number of hydrogen-bond donors (Lipinski definition) is 3. The highest BCUT2D eigenvalue weighted by molar-refractivity contribution is 5.75. The number of aromatic nitrogens is 2. The van der Waals surface area contributed by atoms with Gasteiger partial charge >= 0.3 is 5.69 Å². The lowest BCUT2D eigenvalue weighted by atomic mass is 9.98. The molecular formula is C16H16FN3O. The first-order valence-electron chi connectivity index (χ1n) is 6.88. The van der Waals surface area contributed by atoms with Gasteiger partial charge in [0.2, 0.25) is 0 Å². The van der Waals surface area contributed by atoms with E-state index in [0.717, 1.165) is 28.7 Å². The molecule has 1 atom stereocenters. The van der Waals surface area contributed by atoms with Crippen LogP contribution in [0.4, 0.5) is 4.39 Å². The second-order valence-corrected chi connectivity index (χ2v) is 4.93. The van der Waals surface area contributed by atoms with Gasteiger partial charge in [0.1, 0.15) is 5.82 Å². The Morgan fingerprint density at radius 3 is 2.43 bits per heavy atom. The Hall–Kier alpha value is -2.40. The fourth-order valence-electron chi connectivity index (χ4n) is 2.52. The molecule has 3 rings (SSSR count). The summed E-state index contributed by atoms with van der Waals surface area (Å²) in [6.45, 7) is 2.80. The Morgan fingerprint density at radius 1 is 1.05 bits per heavy atom. The van der Waals surface area contributed by atoms with Gasteiger partial charge in [0.05, 0.1) is 17.1 Å². The van der Waals surface area contributed by atoms with E-state index >= 15 is 0 Å². The van der Waals surface area contributed by atoms with Crippen LogP contribution in [0.2, 0.25) is 0 Å². The second-order valence-electron chi connectivity index (χ2n) is 4.93. The van der Waals surface area contributed by atoms with Crippen molar-refractivity contribution in [1.29, 1.82) is 0 Å². The zero-order chi connectivity index (χ0) is 14.8. The largest absolute Gasteiger partial charge is 0.323 e. The summed E-state index contributed by atoms with van der Waals surface area (Å²) < 4.78 is 13.1. The van der Waals surface area contributed by atoms with E-state index in [1.165, 1.54) is 12.1 Å². The number of halogens is 1. The fourth-order valence-corrected chi connectivity index (χ4v) is 2.52. The molecule has 0 fully saturated rings. The van der Waals surface area contributed by atoms with Crippen LogP contribution >= 0.6 is 0 Å². The summed E-state index contributed by atoms with van der Waals surface area (Å²) in [5, 5.41) is 3.38. The maximum atomic E-state index is 13.1. The normalized spacial score (nSPS) is 12.7. The minimum absolute atomic E-state index is 0.0431. The topological polar surface area (TPSA) is 60.7 Å². The first kappa shape index (κ1) is 13.6. The maximum absolute atomic E-state index is 13.1. The molecule has 1 unspecified atom stereocenters. The molecule has 5 heteroatoms. The predicted molar refractivity (Wildman–Crippen MR) is 80.8 cm³/mol. The van der Waals surface area contributed by atoms with E-state index in [-0.39, 0.29) is 17.5 Å². The Morgan fingerprint density at radius 2 is 1.71 bits per heavy atom. The van der Waals surface area contributed by atoms with E-state index in [4.69, 9.17) is 0 Å². The predicted octanol–water partition coefficient (Wildman–Crippen LogP) is 2.69. The van der Waals surface area contributed by atoms with Crippen LogP contribution < -0.4 is 11.0 Å². The van der Waals surface area contributed by atoms with Gasteiger partial charge in [-0.3, -0.25) is 0 Å². The van der Waals surface area contributed by atoms with Gasteiger partial charge in [-0.15, -0.1) is 0 Å². The lowest BCUT2D eigenvalue weighted by molar-refractivity contribution is 0.614. The van der Waals surface area contributed by atoms with E-state index in [9.17, 15) is 9.18 Å². The smallest absolute Gasteiger partial charge is 0.307 e. The van der Waals surface area contributed by atoms with Crippen LogP contribution in [0.25, 0.3) is 11.0 Å². The lowest BCUT2D eigenvalue weighted by Gasteiger charge is -2.19. The summed E-state index contributed by atoms with van der Waals surface area (Å²) in [7, 11) is 0. The minimum atomic E-state index is -0.251. The minimum Gasteiger partial charge on any atom is -0.307 e. The molecule has 3 N–H and O–H groups in total. The van der Waals surface area contributed by atoms with Crippen molar-refractivity contribution in [2.75, 3.05) is 6.54 Å². The van der Waals surface area contributed by atoms with Gasteiger partial charge in [-0.05, 0) is 41.9 Å². The van der Waals surface area contributed by atoms with Gasteiger partial charge in [0.25, 0.3) is 0 Å². The monoisotopic (exact) mass is 285 g/mol. The molecule has 0 saturated heterocycles. The number of H-pyrrole nitrogens is 2. The molecule has 1 heterocycles. The van der Waals surface area contributed by atoms with Crippen LogP contribution in [0.5, 0.6) is 0 Å². The first-order chi connectivity index (χ1) is 10.2. The molecule has 2 aromatic carbocycles. The standard InChI is InChI=1S/C16H16FN3O/c1-2-18-15(10-3-6-12(17)7-4-10)11-5-8-13-14(9-11)20-16(21)19-13/h3-9,15,18H,2H2,1H3,(H2,19,20,21). The first-order valence-corrected chi connectivity index (χ1v) is 6.88. The van der Waals surface area contributed by atoms with E-state index in [2.05, 4.69) is 15.3 Å². The zero-order valence-electron chi connectivity index (χ0n) is 11.6. The summed E-state index contributed by atoms with van der Waals surface area (Å²) in [5.74, 6) is -0.251. The molecule has 0 radical (unpaired) electrons. The average Bonchev–Trinajstić information content (AvgIpc) is 2.85. The Balaban J connectivity index is 2.05. The molecule has 0 aliphatic heterocycles. The van der Waals surface area contributed by atoms with Gasteiger partial charge in [-0.1, -0.05) is 25.1 Å². The van der Waals surface area contributed by atoms with Gasteiger partial charge < -0.3 is 15.3 Å². The molecule has 0 spiro atoms. The molecule has 0 aliphatic rings. The van der Waals surface area contributed by atoms with Gasteiger partial charge in [-0.25, -0.2) is 9.18 Å². The van der Waals surface area contributed by atoms with Crippen molar-refractivity contribution >= 4 is 11.0 Å². The maximum Gasteiger partial charge on any atom is 0.323 e. The zero-order valence-corrected chi connectivity index (χ0v) is 11.6. The number of nitrogens with one attached hydrogen (secondary N) is 3. The van der Waals surface area contributed by atoms with Crippen LogP contribution in [0.15, 0.2) is 47.3 Å². The summed E-state index contributed by atoms with van der Waals surface area (Å²) in [6.07, 6.45) is 0. The molecular weight excluding hydrogens is 269 g/mol. The van der Waals surface area contributed by atoms with E-state index in [0.29, 0.717) is 0 Å². The van der Waals surface area contributed by atoms with Crippen molar-refractivity contribution in [1.82, 2.24) is 15.3 Å². The fraction of sp³-hybridized carbons (Fsp3) is 0.188. The molecule has 3 aromatic rings. The van der Waals surface area contributed by atoms with E-state index in [1.807, 2.05) is 25.1 Å². The highest BCUT2D eigenvalue weighted by Crippen LogP contribution is 2.24. The number of fused-ring (bicyclic) bond motifs is 1. The quantitative estimate of drug-likeness (QED) is 0.690. The lowest BCUT2D eigenvalue weighted by Crippen LogP contribution is -2.21. The van der Waals surface area contributed by atoms with Gasteiger partial charge in [-0.2, -0.15) is 0 Å². The third-order valence-electron chi connectivity index (χ3n) is 3.48. The summed E-state index contributed by atoms with van der Waals surface area (Å²) in [6, 6.07) is 12.2. The Bertz CT molecular complexity index is 804. The highest BCUT2D eigenvalue weighted by atomic mass is 19.1. The van der Waals surface area contributed by atoms with Crippen molar-refractivity contribution < 1.29 is 4.39 Å². The molecule has 108 valence electrons. The van der Waals surface area contributed by atoms with Crippen LogP contribution in [-0.2, 0) is 0 Å². The van der Waals surface area contributed by atoms with Crippen molar-refractivity contribution in [2.24, 2.45) is 0 Å². The average molecular weight is 285 g/mol. The van der Waals surface area contributed by atoms with Crippen LogP contribution in [0, 0.1) is 5.82 Å². The third kappa shape index (κ3) is 2.73.